The van der Waals surface area contributed by atoms with Gasteiger partial charge in [0, 0.05) is 6.07 Å². The largest absolute Gasteiger partial charge is 0.508 e. The molecule has 1 fully saturated rings. The van der Waals surface area contributed by atoms with Gasteiger partial charge in [-0.3, -0.25) is 0 Å². The van der Waals surface area contributed by atoms with Gasteiger partial charge in [-0.25, -0.2) is 0 Å². The lowest BCUT2D eigenvalue weighted by atomic mass is 9.99. The molecule has 6 N–H and O–H groups in total. The van der Waals surface area contributed by atoms with Crippen LogP contribution in [0.3, 0.4) is 0 Å². The zero-order valence-electron chi connectivity index (χ0n) is 14.8. The maximum Gasteiger partial charge on any atom is 0.229 e. The van der Waals surface area contributed by atoms with Crippen LogP contribution in [-0.2, 0) is 4.74 Å². The molecule has 1 aliphatic rings. The monoisotopic (exact) mass is 390 g/mol. The summed E-state index contributed by atoms with van der Waals surface area (Å²) in [6.45, 7) is -0.564. The number of phenols is 2. The van der Waals surface area contributed by atoms with E-state index < -0.39 is 37.3 Å². The van der Waals surface area contributed by atoms with E-state index in [4.69, 9.17) is 9.47 Å². The zero-order chi connectivity index (χ0) is 20.3. The normalized spacial score (nSPS) is 27.8. The lowest BCUT2D eigenvalue weighted by Crippen LogP contribution is -2.60. The van der Waals surface area contributed by atoms with Crippen molar-refractivity contribution >= 4 is 12.2 Å². The van der Waals surface area contributed by atoms with E-state index in [-0.39, 0.29) is 17.2 Å². The molecule has 1 saturated heterocycles. The summed E-state index contributed by atoms with van der Waals surface area (Å²) >= 11 is 0. The van der Waals surface area contributed by atoms with E-state index in [1.165, 1.54) is 12.1 Å². The summed E-state index contributed by atoms with van der Waals surface area (Å²) in [5.41, 5.74) is 1.42. The van der Waals surface area contributed by atoms with E-state index in [9.17, 15) is 30.6 Å². The molecule has 1 heterocycles. The van der Waals surface area contributed by atoms with Gasteiger partial charge >= 0.3 is 0 Å². The minimum absolute atomic E-state index is 0.0903. The van der Waals surface area contributed by atoms with E-state index in [0.29, 0.717) is 5.56 Å². The van der Waals surface area contributed by atoms with Gasteiger partial charge in [0.05, 0.1) is 6.61 Å². The lowest BCUT2D eigenvalue weighted by molar-refractivity contribution is -0.277. The fourth-order valence-electron chi connectivity index (χ4n) is 2.85. The molecule has 8 nitrogen and oxygen atoms in total. The summed E-state index contributed by atoms with van der Waals surface area (Å²) in [7, 11) is 0. The molecule has 0 spiro atoms. The fourth-order valence-corrected chi connectivity index (χ4v) is 2.85. The highest BCUT2D eigenvalue weighted by Gasteiger charge is 2.44. The molecule has 28 heavy (non-hydrogen) atoms. The predicted molar refractivity (Wildman–Crippen MR) is 99.5 cm³/mol. The Morgan fingerprint density at radius 2 is 1.50 bits per heavy atom. The van der Waals surface area contributed by atoms with Crippen molar-refractivity contribution in [2.75, 3.05) is 6.61 Å². The lowest BCUT2D eigenvalue weighted by Gasteiger charge is -2.39. The van der Waals surface area contributed by atoms with Crippen molar-refractivity contribution in [1.82, 2.24) is 0 Å². The minimum Gasteiger partial charge on any atom is -0.508 e. The molecule has 8 heteroatoms. The van der Waals surface area contributed by atoms with Crippen LogP contribution < -0.4 is 4.74 Å². The van der Waals surface area contributed by atoms with Crippen LogP contribution in [-0.4, -0.2) is 68.0 Å². The van der Waals surface area contributed by atoms with Crippen LogP contribution in [0, 0.1) is 0 Å². The van der Waals surface area contributed by atoms with Crippen LogP contribution in [0.5, 0.6) is 17.2 Å². The number of hydrogen-bond acceptors (Lipinski definition) is 8. The summed E-state index contributed by atoms with van der Waals surface area (Å²) in [4.78, 5) is 0. The van der Waals surface area contributed by atoms with E-state index in [1.54, 1.807) is 42.5 Å². The third-order valence-electron chi connectivity index (χ3n) is 4.38. The number of aliphatic hydroxyl groups excluding tert-OH is 4. The van der Waals surface area contributed by atoms with Crippen LogP contribution in [0.4, 0.5) is 0 Å². The van der Waals surface area contributed by atoms with Gasteiger partial charge in [0.15, 0.2) is 0 Å². The highest BCUT2D eigenvalue weighted by Crippen LogP contribution is 2.28. The molecule has 2 aromatic rings. The Kier molecular flexibility index (Phi) is 6.18. The molecular weight excluding hydrogens is 368 g/mol. The smallest absolute Gasteiger partial charge is 0.229 e. The van der Waals surface area contributed by atoms with Crippen LogP contribution >= 0.6 is 0 Å². The molecule has 0 aromatic heterocycles. The number of benzene rings is 2. The first-order valence-corrected chi connectivity index (χ1v) is 8.65. The summed E-state index contributed by atoms with van der Waals surface area (Å²) in [5.74, 6) is 0.229. The SMILES string of the molecule is OCC1O[C@@H](Oc2cc(O)cc(/C=C/c3ccc(O)cc3)c2)C(O)C(O)[C@H]1O. The number of aliphatic hydroxyl groups is 4. The second-order valence-electron chi connectivity index (χ2n) is 6.50. The molecule has 0 radical (unpaired) electrons. The van der Waals surface area contributed by atoms with E-state index >= 15 is 0 Å². The maximum absolute atomic E-state index is 10.1. The third-order valence-corrected chi connectivity index (χ3v) is 4.38. The van der Waals surface area contributed by atoms with Crippen LogP contribution in [0.25, 0.3) is 12.2 Å². The Balaban J connectivity index is 1.76. The van der Waals surface area contributed by atoms with E-state index in [2.05, 4.69) is 0 Å². The summed E-state index contributed by atoms with van der Waals surface area (Å²) in [5, 5.41) is 58.2. The molecule has 3 unspecified atom stereocenters. The van der Waals surface area contributed by atoms with Gasteiger partial charge < -0.3 is 40.1 Å². The van der Waals surface area contributed by atoms with Crippen molar-refractivity contribution in [3.05, 3.63) is 53.6 Å². The van der Waals surface area contributed by atoms with Crippen molar-refractivity contribution in [1.29, 1.82) is 0 Å². The average molecular weight is 390 g/mol. The van der Waals surface area contributed by atoms with Crippen molar-refractivity contribution in [3.8, 4) is 17.2 Å². The Hall–Kier alpha value is -2.62. The first-order valence-electron chi connectivity index (χ1n) is 8.65. The molecule has 2 aromatic carbocycles. The number of rotatable bonds is 5. The van der Waals surface area contributed by atoms with Gasteiger partial charge in [-0.15, -0.1) is 0 Å². The third kappa shape index (κ3) is 4.61. The Morgan fingerprint density at radius 1 is 0.821 bits per heavy atom. The molecule has 0 bridgehead atoms. The zero-order valence-corrected chi connectivity index (χ0v) is 14.8. The molecule has 3 rings (SSSR count). The van der Waals surface area contributed by atoms with Crippen LogP contribution in [0.1, 0.15) is 11.1 Å². The minimum atomic E-state index is -1.55. The van der Waals surface area contributed by atoms with E-state index in [1.807, 2.05) is 0 Å². The Bertz CT molecular complexity index is 817. The van der Waals surface area contributed by atoms with Crippen molar-refractivity contribution in [2.45, 2.75) is 30.7 Å². The first kappa shape index (κ1) is 20.1. The summed E-state index contributed by atoms with van der Waals surface area (Å²) in [6.07, 6.45) is -3.52. The summed E-state index contributed by atoms with van der Waals surface area (Å²) < 4.78 is 10.8. The molecule has 5 atom stereocenters. The van der Waals surface area contributed by atoms with Crippen LogP contribution in [0.15, 0.2) is 42.5 Å². The van der Waals surface area contributed by atoms with Gasteiger partial charge in [0.2, 0.25) is 6.29 Å². The van der Waals surface area contributed by atoms with Crippen molar-refractivity contribution < 1.29 is 40.1 Å². The van der Waals surface area contributed by atoms with Crippen molar-refractivity contribution in [2.24, 2.45) is 0 Å². The standard InChI is InChI=1S/C20H22O8/c21-10-16-17(24)18(25)19(26)20(28-16)27-15-8-12(7-14(23)9-15)2-1-11-3-5-13(22)6-4-11/h1-9,16-26H,10H2/b2-1+/t16?,17-,18?,19?,20+/m0/s1. The molecule has 1 aliphatic heterocycles. The molecule has 0 saturated carbocycles. The van der Waals surface area contributed by atoms with Crippen LogP contribution in [0.2, 0.25) is 0 Å². The van der Waals surface area contributed by atoms with Gasteiger partial charge in [0.25, 0.3) is 0 Å². The summed E-state index contributed by atoms with van der Waals surface area (Å²) in [6, 6.07) is 10.9. The van der Waals surface area contributed by atoms with Gasteiger partial charge in [-0.2, -0.15) is 0 Å². The van der Waals surface area contributed by atoms with Gasteiger partial charge in [-0.1, -0.05) is 24.3 Å². The van der Waals surface area contributed by atoms with Gasteiger partial charge in [0.1, 0.15) is 41.7 Å². The number of ether oxygens (including phenoxy) is 2. The highest BCUT2D eigenvalue weighted by molar-refractivity contribution is 5.71. The first-order chi connectivity index (χ1) is 13.4. The van der Waals surface area contributed by atoms with E-state index in [0.717, 1.165) is 5.56 Å². The highest BCUT2D eigenvalue weighted by atomic mass is 16.7. The fraction of sp³-hybridized carbons (Fsp3) is 0.300. The van der Waals surface area contributed by atoms with Crippen molar-refractivity contribution in [3.63, 3.8) is 0 Å². The Labute approximate surface area is 161 Å². The number of phenolic OH excluding ortho intramolecular Hbond substituents is 2. The Morgan fingerprint density at radius 3 is 2.18 bits per heavy atom. The molecule has 0 amide bonds. The number of aromatic hydroxyl groups is 2. The molecule has 0 aliphatic carbocycles. The van der Waals surface area contributed by atoms with Gasteiger partial charge in [-0.05, 0) is 35.4 Å². The topological polar surface area (TPSA) is 140 Å². The average Bonchev–Trinajstić information content (AvgIpc) is 2.67. The molecular formula is C20H22O8. The maximum atomic E-state index is 10.1. The number of hydrogen-bond donors (Lipinski definition) is 6. The molecule has 150 valence electrons. The second kappa shape index (κ2) is 8.59. The second-order valence-corrected chi connectivity index (χ2v) is 6.50. The predicted octanol–water partition coefficient (Wildman–Crippen LogP) is 0.447. The quantitative estimate of drug-likeness (QED) is 0.405.